The van der Waals surface area contributed by atoms with Gasteiger partial charge < -0.3 is 20.1 Å². The van der Waals surface area contributed by atoms with Gasteiger partial charge in [0, 0.05) is 37.7 Å². The minimum atomic E-state index is -0.433. The lowest BCUT2D eigenvalue weighted by Gasteiger charge is -2.28. The summed E-state index contributed by atoms with van der Waals surface area (Å²) in [6.45, 7) is 2.04. The third kappa shape index (κ3) is 4.27. The van der Waals surface area contributed by atoms with E-state index in [1.54, 1.807) is 35.2 Å². The molecule has 0 unspecified atom stereocenters. The highest BCUT2D eigenvalue weighted by atomic mass is 19.1. The molecule has 0 saturated carbocycles. The molecule has 0 atom stereocenters. The van der Waals surface area contributed by atoms with Crippen LogP contribution >= 0.6 is 0 Å². The van der Waals surface area contributed by atoms with Gasteiger partial charge in [-0.25, -0.2) is 9.07 Å². The van der Waals surface area contributed by atoms with Crippen LogP contribution in [0.15, 0.2) is 79.3 Å². The average molecular weight is 458 g/mol. The molecular formula is C25H23FN6O2. The summed E-state index contributed by atoms with van der Waals surface area (Å²) < 4.78 is 17.6. The Kier molecular flexibility index (Phi) is 5.82. The van der Waals surface area contributed by atoms with E-state index in [-0.39, 0.29) is 17.5 Å². The van der Waals surface area contributed by atoms with Gasteiger partial charge in [-0.1, -0.05) is 24.3 Å². The molecule has 34 heavy (non-hydrogen) atoms. The number of anilines is 1. The van der Waals surface area contributed by atoms with Gasteiger partial charge in [0.2, 0.25) is 5.91 Å². The Morgan fingerprint density at radius 2 is 1.82 bits per heavy atom. The van der Waals surface area contributed by atoms with E-state index in [2.05, 4.69) is 15.7 Å². The molecule has 4 aromatic rings. The predicted molar refractivity (Wildman–Crippen MR) is 126 cm³/mol. The number of nitrogens with one attached hydrogen (secondary N) is 2. The lowest BCUT2D eigenvalue weighted by atomic mass is 10.1. The van der Waals surface area contributed by atoms with E-state index in [0.29, 0.717) is 31.0 Å². The molecular weight excluding hydrogens is 435 g/mol. The summed E-state index contributed by atoms with van der Waals surface area (Å²) in [4.78, 5) is 26.7. The van der Waals surface area contributed by atoms with Gasteiger partial charge in [-0.05, 0) is 42.0 Å². The Labute approximate surface area is 195 Å². The van der Waals surface area contributed by atoms with Gasteiger partial charge in [-0.15, -0.1) is 0 Å². The normalized spacial score (nSPS) is 13.6. The van der Waals surface area contributed by atoms with Crippen molar-refractivity contribution < 1.29 is 14.0 Å². The van der Waals surface area contributed by atoms with E-state index in [1.807, 2.05) is 41.3 Å². The molecule has 0 aliphatic carbocycles. The van der Waals surface area contributed by atoms with Crippen LogP contribution in [-0.2, 0) is 11.3 Å². The molecule has 1 aliphatic rings. The Morgan fingerprint density at radius 3 is 2.56 bits per heavy atom. The van der Waals surface area contributed by atoms with Crippen LogP contribution < -0.4 is 15.5 Å². The Balaban J connectivity index is 1.34. The van der Waals surface area contributed by atoms with Crippen molar-refractivity contribution in [3.05, 3.63) is 96.2 Å². The van der Waals surface area contributed by atoms with Crippen LogP contribution in [-0.4, -0.2) is 45.8 Å². The molecule has 2 aromatic carbocycles. The first kappa shape index (κ1) is 21.4. The van der Waals surface area contributed by atoms with E-state index in [9.17, 15) is 14.0 Å². The number of para-hydroxylation sites is 1. The zero-order valence-electron chi connectivity index (χ0n) is 18.3. The summed E-state index contributed by atoms with van der Waals surface area (Å²) in [7, 11) is 0. The zero-order valence-corrected chi connectivity index (χ0v) is 18.3. The summed E-state index contributed by atoms with van der Waals surface area (Å²) >= 11 is 0. The van der Waals surface area contributed by atoms with Crippen molar-refractivity contribution >= 4 is 17.5 Å². The molecule has 1 fully saturated rings. The second-order valence-electron chi connectivity index (χ2n) is 7.96. The fraction of sp³-hybridized carbons (Fsp3) is 0.160. The summed E-state index contributed by atoms with van der Waals surface area (Å²) in [6.07, 6.45) is 5.01. The molecule has 1 saturated heterocycles. The van der Waals surface area contributed by atoms with Crippen molar-refractivity contribution in [3.63, 3.8) is 0 Å². The monoisotopic (exact) mass is 458 g/mol. The molecule has 8 nitrogen and oxygen atoms in total. The van der Waals surface area contributed by atoms with Crippen LogP contribution in [0, 0.1) is 5.82 Å². The highest BCUT2D eigenvalue weighted by Gasteiger charge is 2.21. The van der Waals surface area contributed by atoms with Gasteiger partial charge in [0.15, 0.2) is 5.82 Å². The number of rotatable bonds is 6. The molecule has 0 bridgehead atoms. The molecule has 2 N–H and O–H groups in total. The van der Waals surface area contributed by atoms with Crippen LogP contribution in [0.4, 0.5) is 10.1 Å². The Bertz CT molecular complexity index is 1310. The molecule has 0 spiro atoms. The Hall–Kier alpha value is -4.40. The second kappa shape index (κ2) is 9.22. The predicted octanol–water partition coefficient (Wildman–Crippen LogP) is 2.67. The number of hydrogen-bond donors (Lipinski definition) is 2. The summed E-state index contributed by atoms with van der Waals surface area (Å²) in [5.41, 5.74) is 2.47. The number of carbonyl (C=O) groups is 2. The fourth-order valence-electron chi connectivity index (χ4n) is 3.99. The van der Waals surface area contributed by atoms with Crippen molar-refractivity contribution in [2.24, 2.45) is 0 Å². The van der Waals surface area contributed by atoms with Gasteiger partial charge in [0.25, 0.3) is 5.91 Å². The highest BCUT2D eigenvalue weighted by molar-refractivity contribution is 5.97. The van der Waals surface area contributed by atoms with E-state index >= 15 is 0 Å². The van der Waals surface area contributed by atoms with Crippen molar-refractivity contribution in [1.82, 2.24) is 25.0 Å². The number of piperazine rings is 1. The van der Waals surface area contributed by atoms with E-state index in [1.165, 1.54) is 16.9 Å². The maximum absolute atomic E-state index is 14.5. The number of benzene rings is 2. The van der Waals surface area contributed by atoms with Gasteiger partial charge in [0.05, 0.1) is 12.7 Å². The van der Waals surface area contributed by atoms with E-state index < -0.39 is 5.82 Å². The topological polar surface area (TPSA) is 84.2 Å². The van der Waals surface area contributed by atoms with Crippen LogP contribution in [0.1, 0.15) is 15.9 Å². The smallest absolute Gasteiger partial charge is 0.256 e. The van der Waals surface area contributed by atoms with Gasteiger partial charge >= 0.3 is 0 Å². The first-order valence-corrected chi connectivity index (χ1v) is 11.0. The van der Waals surface area contributed by atoms with Crippen molar-refractivity contribution in [3.8, 4) is 11.5 Å². The third-order valence-corrected chi connectivity index (χ3v) is 5.71. The lowest BCUT2D eigenvalue weighted by molar-refractivity contribution is -0.120. The van der Waals surface area contributed by atoms with Crippen LogP contribution in [0.3, 0.4) is 0 Å². The second-order valence-corrected chi connectivity index (χ2v) is 7.96. The first-order valence-electron chi connectivity index (χ1n) is 11.0. The molecule has 172 valence electrons. The number of halogens is 1. The third-order valence-electron chi connectivity index (χ3n) is 5.71. The van der Waals surface area contributed by atoms with Crippen molar-refractivity contribution in [2.75, 3.05) is 24.5 Å². The molecule has 2 amide bonds. The maximum Gasteiger partial charge on any atom is 0.256 e. The quantitative estimate of drug-likeness (QED) is 0.465. The van der Waals surface area contributed by atoms with Crippen LogP contribution in [0.2, 0.25) is 0 Å². The largest absolute Gasteiger partial charge is 0.360 e. The summed E-state index contributed by atoms with van der Waals surface area (Å²) in [5.74, 6) is -0.288. The fourth-order valence-corrected chi connectivity index (χ4v) is 3.99. The van der Waals surface area contributed by atoms with Crippen LogP contribution in [0.25, 0.3) is 11.5 Å². The van der Waals surface area contributed by atoms with Gasteiger partial charge in [-0.3, -0.25) is 9.59 Å². The van der Waals surface area contributed by atoms with Crippen molar-refractivity contribution in [2.45, 2.75) is 6.54 Å². The highest BCUT2D eigenvalue weighted by Crippen LogP contribution is 2.22. The molecule has 0 radical (unpaired) electrons. The molecule has 2 aromatic heterocycles. The van der Waals surface area contributed by atoms with E-state index in [0.717, 1.165) is 17.8 Å². The number of aromatic nitrogens is 3. The number of carbonyl (C=O) groups excluding carboxylic acids is 2. The standard InChI is InChI=1S/C25H23FN6O2/c26-21-5-1-2-6-22(21)32-25(30-12-3-4-13-30)20(16-29-32)24(34)28-15-18-7-9-19(10-8-18)31-14-11-27-23(33)17-31/h1-10,12-13,16H,11,14-15,17H2,(H,27,33)(H,28,34). The lowest BCUT2D eigenvalue weighted by Crippen LogP contribution is -2.47. The SMILES string of the molecule is O=C1CN(c2ccc(CNC(=O)c3cnn(-c4ccccc4F)c3-n3cccc3)cc2)CCN1. The number of hydrogen-bond acceptors (Lipinski definition) is 4. The minimum absolute atomic E-state index is 0.0111. The number of nitrogens with zero attached hydrogens (tertiary/aromatic N) is 4. The van der Waals surface area contributed by atoms with Gasteiger partial charge in [0.1, 0.15) is 17.1 Å². The maximum atomic E-state index is 14.5. The zero-order chi connectivity index (χ0) is 23.5. The average Bonchev–Trinajstić information content (AvgIpc) is 3.53. The van der Waals surface area contributed by atoms with E-state index in [4.69, 9.17) is 0 Å². The number of amides is 2. The summed E-state index contributed by atoms with van der Waals surface area (Å²) in [5, 5.41) is 10.0. The minimum Gasteiger partial charge on any atom is -0.360 e. The summed E-state index contributed by atoms with van der Waals surface area (Å²) in [6, 6.07) is 17.7. The van der Waals surface area contributed by atoms with Gasteiger partial charge in [-0.2, -0.15) is 5.10 Å². The molecule has 3 heterocycles. The first-order chi connectivity index (χ1) is 16.6. The Morgan fingerprint density at radius 1 is 1.06 bits per heavy atom. The molecule has 1 aliphatic heterocycles. The molecule has 5 rings (SSSR count). The van der Waals surface area contributed by atoms with Crippen molar-refractivity contribution in [1.29, 1.82) is 0 Å². The molecule has 9 heteroatoms. The van der Waals surface area contributed by atoms with Crippen LogP contribution in [0.5, 0.6) is 0 Å².